The number of carbonyl (C=O) groups excluding carboxylic acids is 3. The Balaban J connectivity index is 1.41. The lowest BCUT2D eigenvalue weighted by Crippen LogP contribution is -2.44. The van der Waals surface area contributed by atoms with Crippen molar-refractivity contribution in [1.82, 2.24) is 4.90 Å². The minimum absolute atomic E-state index is 0.0225. The molecule has 0 radical (unpaired) electrons. The van der Waals surface area contributed by atoms with E-state index in [-0.39, 0.29) is 38.2 Å². The lowest BCUT2D eigenvalue weighted by atomic mass is 10.1. The van der Waals surface area contributed by atoms with Crippen LogP contribution >= 0.6 is 11.8 Å². The number of thioether (sulfide) groups is 1. The van der Waals surface area contributed by atoms with Gasteiger partial charge in [-0.25, -0.2) is 9.79 Å². The van der Waals surface area contributed by atoms with Gasteiger partial charge in [-0.05, 0) is 61.0 Å². The highest BCUT2D eigenvalue weighted by molar-refractivity contribution is 8.15. The van der Waals surface area contributed by atoms with Gasteiger partial charge in [0.1, 0.15) is 5.25 Å². The van der Waals surface area contributed by atoms with Crippen molar-refractivity contribution in [3.63, 3.8) is 0 Å². The number of ether oxygens (including phenoxy) is 3. The number of amidine groups is 1. The van der Waals surface area contributed by atoms with Gasteiger partial charge in [0, 0.05) is 12.1 Å². The van der Waals surface area contributed by atoms with Crippen molar-refractivity contribution >= 4 is 46.1 Å². The molecule has 2 heterocycles. The average Bonchev–Trinajstić information content (AvgIpc) is 3.39. The number of nitrogens with zero attached hydrogens (tertiary/aromatic N) is 2. The molecule has 1 fully saturated rings. The van der Waals surface area contributed by atoms with Gasteiger partial charge in [-0.15, -0.1) is 0 Å². The second-order valence-corrected chi connectivity index (χ2v) is 9.66. The number of anilines is 1. The molecule has 0 aromatic heterocycles. The van der Waals surface area contributed by atoms with Crippen LogP contribution < -0.4 is 14.8 Å². The molecule has 3 aromatic carbocycles. The predicted octanol–water partition coefficient (Wildman–Crippen LogP) is 4.75. The zero-order chi connectivity index (χ0) is 26.5. The van der Waals surface area contributed by atoms with Crippen molar-refractivity contribution < 1.29 is 28.6 Å². The standard InChI is InChI=1S/C28H25N3O6S/c1-2-35-27(34)19-9-11-21(12-10-19)30-28-31(16-18-8-13-22-23(14-18)37-17-36-22)25(32)15-24(38-28)26(33)29-20-6-4-3-5-7-20/h3-14,24H,2,15-17H2,1H3,(H,29,33). The second-order valence-electron chi connectivity index (χ2n) is 8.50. The Morgan fingerprint density at radius 2 is 1.82 bits per heavy atom. The summed E-state index contributed by atoms with van der Waals surface area (Å²) < 4.78 is 15.9. The Kier molecular flexibility index (Phi) is 7.60. The van der Waals surface area contributed by atoms with Crippen LogP contribution in [0, 0.1) is 0 Å². The van der Waals surface area contributed by atoms with E-state index < -0.39 is 11.2 Å². The molecule has 5 rings (SSSR count). The molecule has 3 aromatic rings. The Labute approximate surface area is 223 Å². The molecule has 38 heavy (non-hydrogen) atoms. The molecular formula is C28H25N3O6S. The van der Waals surface area contributed by atoms with Crippen molar-refractivity contribution in [1.29, 1.82) is 0 Å². The van der Waals surface area contributed by atoms with E-state index in [2.05, 4.69) is 5.32 Å². The molecule has 194 valence electrons. The van der Waals surface area contributed by atoms with Crippen LogP contribution in [0.15, 0.2) is 77.8 Å². The number of para-hydroxylation sites is 1. The van der Waals surface area contributed by atoms with Gasteiger partial charge in [-0.2, -0.15) is 0 Å². The number of hydrogen-bond donors (Lipinski definition) is 1. The van der Waals surface area contributed by atoms with E-state index in [0.29, 0.717) is 33.6 Å². The summed E-state index contributed by atoms with van der Waals surface area (Å²) in [6.07, 6.45) is 0.0225. The van der Waals surface area contributed by atoms with Crippen molar-refractivity contribution in [3.05, 3.63) is 83.9 Å². The second kappa shape index (κ2) is 11.4. The topological polar surface area (TPSA) is 107 Å². The van der Waals surface area contributed by atoms with Gasteiger partial charge in [0.05, 0.1) is 24.4 Å². The summed E-state index contributed by atoms with van der Waals surface area (Å²) in [6.45, 7) is 2.43. The molecule has 10 heteroatoms. The van der Waals surface area contributed by atoms with Crippen LogP contribution in [0.2, 0.25) is 0 Å². The zero-order valence-corrected chi connectivity index (χ0v) is 21.4. The molecule has 0 bridgehead atoms. The van der Waals surface area contributed by atoms with Crippen LogP contribution in [0.5, 0.6) is 11.5 Å². The molecular weight excluding hydrogens is 506 g/mol. The minimum Gasteiger partial charge on any atom is -0.462 e. The summed E-state index contributed by atoms with van der Waals surface area (Å²) >= 11 is 1.22. The molecule has 1 unspecified atom stereocenters. The number of hydrogen-bond acceptors (Lipinski definition) is 8. The maximum Gasteiger partial charge on any atom is 0.338 e. The number of aliphatic imine (C=N–C) groups is 1. The zero-order valence-electron chi connectivity index (χ0n) is 20.6. The third-order valence-corrected chi connectivity index (χ3v) is 7.04. The van der Waals surface area contributed by atoms with E-state index in [4.69, 9.17) is 19.2 Å². The molecule has 2 aliphatic heterocycles. The van der Waals surface area contributed by atoms with Crippen LogP contribution in [0.1, 0.15) is 29.3 Å². The van der Waals surface area contributed by atoms with Gasteiger partial charge < -0.3 is 19.5 Å². The first-order chi connectivity index (χ1) is 18.5. The number of benzene rings is 3. The minimum atomic E-state index is -0.659. The van der Waals surface area contributed by atoms with Crippen molar-refractivity contribution in [2.45, 2.75) is 25.1 Å². The largest absolute Gasteiger partial charge is 0.462 e. The summed E-state index contributed by atoms with van der Waals surface area (Å²) in [5.74, 6) is 0.351. The van der Waals surface area contributed by atoms with E-state index in [1.54, 1.807) is 54.3 Å². The van der Waals surface area contributed by atoms with E-state index in [9.17, 15) is 14.4 Å². The fraction of sp³-hybridized carbons (Fsp3) is 0.214. The van der Waals surface area contributed by atoms with Gasteiger partial charge >= 0.3 is 5.97 Å². The fourth-order valence-electron chi connectivity index (χ4n) is 3.96. The Morgan fingerprint density at radius 1 is 1.05 bits per heavy atom. The maximum absolute atomic E-state index is 13.4. The van der Waals surface area contributed by atoms with E-state index in [1.165, 1.54) is 11.8 Å². The third kappa shape index (κ3) is 5.81. The third-order valence-electron chi connectivity index (χ3n) is 5.85. The Morgan fingerprint density at radius 3 is 2.58 bits per heavy atom. The number of esters is 1. The highest BCUT2D eigenvalue weighted by Crippen LogP contribution is 2.35. The molecule has 9 nitrogen and oxygen atoms in total. The lowest BCUT2D eigenvalue weighted by molar-refractivity contribution is -0.129. The fourth-order valence-corrected chi connectivity index (χ4v) is 5.06. The first-order valence-corrected chi connectivity index (χ1v) is 13.0. The van der Waals surface area contributed by atoms with Crippen LogP contribution in [0.25, 0.3) is 0 Å². The van der Waals surface area contributed by atoms with E-state index in [0.717, 1.165) is 5.56 Å². The smallest absolute Gasteiger partial charge is 0.338 e. The van der Waals surface area contributed by atoms with Gasteiger partial charge in [0.25, 0.3) is 0 Å². The number of amides is 2. The Bertz CT molecular complexity index is 1380. The van der Waals surface area contributed by atoms with Crippen molar-refractivity contribution in [2.24, 2.45) is 4.99 Å². The summed E-state index contributed by atoms with van der Waals surface area (Å²) in [5, 5.41) is 2.60. The summed E-state index contributed by atoms with van der Waals surface area (Å²) in [6, 6.07) is 21.2. The van der Waals surface area contributed by atoms with Crippen molar-refractivity contribution in [3.8, 4) is 11.5 Å². The molecule has 1 atom stereocenters. The average molecular weight is 532 g/mol. The number of fused-ring (bicyclic) bond motifs is 1. The Hall–Kier alpha value is -4.31. The SMILES string of the molecule is CCOC(=O)c1ccc(N=C2SC(C(=O)Nc3ccccc3)CC(=O)N2Cc2ccc3c(c2)OCO3)cc1. The molecule has 2 aliphatic rings. The maximum atomic E-state index is 13.4. The highest BCUT2D eigenvalue weighted by atomic mass is 32.2. The van der Waals surface area contributed by atoms with Gasteiger partial charge in [-0.3, -0.25) is 14.5 Å². The molecule has 0 saturated carbocycles. The number of carbonyl (C=O) groups is 3. The molecule has 1 saturated heterocycles. The number of nitrogens with one attached hydrogen (secondary N) is 1. The summed E-state index contributed by atoms with van der Waals surface area (Å²) in [7, 11) is 0. The highest BCUT2D eigenvalue weighted by Gasteiger charge is 2.36. The molecule has 1 N–H and O–H groups in total. The normalized spacial score (nSPS) is 17.4. The van der Waals surface area contributed by atoms with Crippen LogP contribution in [0.4, 0.5) is 11.4 Å². The van der Waals surface area contributed by atoms with Crippen LogP contribution in [-0.4, -0.2) is 46.5 Å². The number of rotatable bonds is 7. The van der Waals surface area contributed by atoms with Crippen LogP contribution in [-0.2, 0) is 20.9 Å². The molecule has 0 spiro atoms. The lowest BCUT2D eigenvalue weighted by Gasteiger charge is -2.32. The van der Waals surface area contributed by atoms with Crippen molar-refractivity contribution in [2.75, 3.05) is 18.7 Å². The van der Waals surface area contributed by atoms with Gasteiger partial charge in [0.2, 0.25) is 18.6 Å². The monoisotopic (exact) mass is 531 g/mol. The van der Waals surface area contributed by atoms with Crippen LogP contribution in [0.3, 0.4) is 0 Å². The van der Waals surface area contributed by atoms with E-state index >= 15 is 0 Å². The first kappa shape index (κ1) is 25.3. The summed E-state index contributed by atoms with van der Waals surface area (Å²) in [4.78, 5) is 44.7. The molecule has 2 amide bonds. The quantitative estimate of drug-likeness (QED) is 0.439. The van der Waals surface area contributed by atoms with E-state index in [1.807, 2.05) is 30.3 Å². The van der Waals surface area contributed by atoms with Gasteiger partial charge in [-0.1, -0.05) is 36.0 Å². The first-order valence-electron chi connectivity index (χ1n) is 12.1. The predicted molar refractivity (Wildman–Crippen MR) is 144 cm³/mol. The van der Waals surface area contributed by atoms with Gasteiger partial charge in [0.15, 0.2) is 16.7 Å². The molecule has 0 aliphatic carbocycles. The summed E-state index contributed by atoms with van der Waals surface area (Å²) in [5.41, 5.74) is 2.43.